The van der Waals surface area contributed by atoms with Gasteiger partial charge in [-0.25, -0.2) is 0 Å². The monoisotopic (exact) mass is 204 g/mol. The van der Waals surface area contributed by atoms with Crippen LogP contribution in [0.2, 0.25) is 0 Å². The molecule has 1 aromatic carbocycles. The summed E-state index contributed by atoms with van der Waals surface area (Å²) in [6.07, 6.45) is 3.87. The Bertz CT molecular complexity index is 407. The van der Waals surface area contributed by atoms with Crippen molar-refractivity contribution in [2.24, 2.45) is 0 Å². The van der Waals surface area contributed by atoms with Gasteiger partial charge in [-0.05, 0) is 0 Å². The van der Waals surface area contributed by atoms with Gasteiger partial charge in [0.25, 0.3) is 0 Å². The average Bonchev–Trinajstić information content (AvgIpc) is 2.82. The Balaban J connectivity index is 2.32. The van der Waals surface area contributed by atoms with E-state index in [9.17, 15) is 10.2 Å². The molecule has 0 spiro atoms. The summed E-state index contributed by atoms with van der Waals surface area (Å²) in [6, 6.07) is 9.05. The minimum atomic E-state index is -0.0613. The molecule has 2 N–H and O–H groups in total. The lowest BCUT2D eigenvalue weighted by molar-refractivity contribution is -0.494. The zero-order valence-electron chi connectivity index (χ0n) is 8.43. The van der Waals surface area contributed by atoms with E-state index in [4.69, 9.17) is 0 Å². The molecular weight excluding hydrogens is 190 g/mol. The molecule has 3 heteroatoms. The molecule has 15 heavy (non-hydrogen) atoms. The van der Waals surface area contributed by atoms with Crippen LogP contribution in [0.15, 0.2) is 36.2 Å². The third-order valence-electron chi connectivity index (χ3n) is 2.48. The van der Waals surface area contributed by atoms with Gasteiger partial charge in [-0.1, -0.05) is 30.3 Å². The predicted octanol–water partition coefficient (Wildman–Crippen LogP) is 2.31. The average molecular weight is 204 g/mol. The van der Waals surface area contributed by atoms with Crippen LogP contribution in [0, 0.1) is 0 Å². The van der Waals surface area contributed by atoms with Crippen LogP contribution in [0.1, 0.15) is 18.4 Å². The van der Waals surface area contributed by atoms with Crippen molar-refractivity contribution in [2.45, 2.75) is 12.8 Å². The Kier molecular flexibility index (Phi) is 2.72. The Labute approximate surface area is 88.6 Å². The number of hydrogen-bond acceptors (Lipinski definition) is 2. The molecular formula is C12H14NO2+. The summed E-state index contributed by atoms with van der Waals surface area (Å²) in [4.78, 5) is 0. The van der Waals surface area contributed by atoms with Crippen LogP contribution in [0.25, 0.3) is 5.76 Å². The Morgan fingerprint density at radius 2 is 1.87 bits per heavy atom. The van der Waals surface area contributed by atoms with Gasteiger partial charge in [0.15, 0.2) is 6.54 Å². The van der Waals surface area contributed by atoms with Gasteiger partial charge in [0, 0.05) is 18.4 Å². The van der Waals surface area contributed by atoms with Gasteiger partial charge in [0.2, 0.25) is 5.76 Å². The molecule has 0 aromatic heterocycles. The summed E-state index contributed by atoms with van der Waals surface area (Å²) in [5, 5.41) is 19.6. The normalized spacial score (nSPS) is 17.2. The first-order chi connectivity index (χ1) is 7.29. The lowest BCUT2D eigenvalue weighted by atomic mass is 10.2. The summed E-state index contributed by atoms with van der Waals surface area (Å²) in [6.45, 7) is 0.767. The van der Waals surface area contributed by atoms with Crippen molar-refractivity contribution in [1.82, 2.24) is 0 Å². The van der Waals surface area contributed by atoms with Crippen molar-refractivity contribution in [1.29, 1.82) is 0 Å². The maximum atomic E-state index is 9.82. The first-order valence-corrected chi connectivity index (χ1v) is 5.06. The predicted molar refractivity (Wildman–Crippen MR) is 59.0 cm³/mol. The van der Waals surface area contributed by atoms with E-state index in [1.54, 1.807) is 16.7 Å². The smallest absolute Gasteiger partial charge is 0.409 e. The molecule has 1 aromatic rings. The fourth-order valence-corrected chi connectivity index (χ4v) is 1.65. The van der Waals surface area contributed by atoms with Gasteiger partial charge in [-0.2, -0.15) is 4.58 Å². The fraction of sp³-hybridized carbons (Fsp3) is 0.250. The van der Waals surface area contributed by atoms with Gasteiger partial charge in [-0.3, -0.25) is 0 Å². The highest BCUT2D eigenvalue weighted by Gasteiger charge is 2.21. The molecule has 0 fully saturated rings. The van der Waals surface area contributed by atoms with E-state index in [0.29, 0.717) is 5.56 Å². The van der Waals surface area contributed by atoms with Crippen LogP contribution >= 0.6 is 0 Å². The molecule has 0 atom stereocenters. The highest BCUT2D eigenvalue weighted by molar-refractivity contribution is 5.60. The van der Waals surface area contributed by atoms with Crippen LogP contribution in [0.4, 0.5) is 0 Å². The Morgan fingerprint density at radius 1 is 1.13 bits per heavy atom. The van der Waals surface area contributed by atoms with E-state index >= 15 is 0 Å². The molecule has 1 aliphatic heterocycles. The van der Waals surface area contributed by atoms with Crippen molar-refractivity contribution >= 4 is 12.0 Å². The zero-order chi connectivity index (χ0) is 10.7. The zero-order valence-corrected chi connectivity index (χ0v) is 8.43. The van der Waals surface area contributed by atoms with E-state index in [-0.39, 0.29) is 11.6 Å². The van der Waals surface area contributed by atoms with Crippen molar-refractivity contribution in [3.8, 4) is 0 Å². The SMILES string of the molecule is O/C(=C(/O)[N+]1=CCCC1)c1ccccc1. The highest BCUT2D eigenvalue weighted by Crippen LogP contribution is 2.16. The lowest BCUT2D eigenvalue weighted by Gasteiger charge is -2.00. The number of benzene rings is 1. The maximum absolute atomic E-state index is 9.82. The van der Waals surface area contributed by atoms with Crippen LogP contribution < -0.4 is 0 Å². The molecule has 0 radical (unpaired) electrons. The van der Waals surface area contributed by atoms with Gasteiger partial charge in [0.1, 0.15) is 6.21 Å². The minimum absolute atomic E-state index is 0.0568. The lowest BCUT2D eigenvalue weighted by Crippen LogP contribution is -2.10. The first kappa shape index (κ1) is 9.77. The summed E-state index contributed by atoms with van der Waals surface area (Å²) in [5.41, 5.74) is 0.635. The van der Waals surface area contributed by atoms with Crippen molar-refractivity contribution in [3.63, 3.8) is 0 Å². The molecule has 78 valence electrons. The second-order valence-electron chi connectivity index (χ2n) is 3.56. The summed E-state index contributed by atoms with van der Waals surface area (Å²) < 4.78 is 1.68. The number of hydrogen-bond donors (Lipinski definition) is 2. The molecule has 1 heterocycles. The van der Waals surface area contributed by atoms with E-state index in [1.165, 1.54) is 0 Å². The van der Waals surface area contributed by atoms with E-state index in [0.717, 1.165) is 19.4 Å². The first-order valence-electron chi connectivity index (χ1n) is 5.06. The number of aliphatic hydroxyl groups is 2. The van der Waals surface area contributed by atoms with Crippen molar-refractivity contribution in [2.75, 3.05) is 6.54 Å². The standard InChI is InChI=1S/C12H13NO2/c14-11(10-6-2-1-3-7-10)12(15)13-8-4-5-9-13/h1-3,6-8H,4-5,9H2,(H-,14,15)/p+1/b12-11+. The largest absolute Gasteiger partial charge is 0.499 e. The molecule has 0 aliphatic carbocycles. The molecule has 0 bridgehead atoms. The second kappa shape index (κ2) is 4.17. The minimum Gasteiger partial charge on any atom is -0.499 e. The number of rotatable bonds is 2. The van der Waals surface area contributed by atoms with Crippen LogP contribution in [-0.2, 0) is 0 Å². The Morgan fingerprint density at radius 3 is 2.47 bits per heavy atom. The van der Waals surface area contributed by atoms with E-state index in [1.807, 2.05) is 24.4 Å². The Hall–Kier alpha value is -1.77. The van der Waals surface area contributed by atoms with E-state index in [2.05, 4.69) is 0 Å². The molecule has 3 nitrogen and oxygen atoms in total. The summed E-state index contributed by atoms with van der Waals surface area (Å²) in [5.74, 6) is -0.118. The molecule has 0 amide bonds. The molecule has 0 saturated carbocycles. The van der Waals surface area contributed by atoms with Gasteiger partial charge >= 0.3 is 5.88 Å². The molecule has 0 saturated heterocycles. The topological polar surface area (TPSA) is 43.5 Å². The van der Waals surface area contributed by atoms with Crippen molar-refractivity contribution < 1.29 is 14.8 Å². The molecule has 0 unspecified atom stereocenters. The summed E-state index contributed by atoms with van der Waals surface area (Å²) in [7, 11) is 0. The van der Waals surface area contributed by atoms with Gasteiger partial charge < -0.3 is 10.2 Å². The quantitative estimate of drug-likeness (QED) is 0.573. The maximum Gasteiger partial charge on any atom is 0.409 e. The van der Waals surface area contributed by atoms with Gasteiger partial charge in [0.05, 0.1) is 0 Å². The third-order valence-corrected chi connectivity index (χ3v) is 2.48. The number of aliphatic hydroxyl groups excluding tert-OH is 2. The van der Waals surface area contributed by atoms with Crippen LogP contribution in [0.5, 0.6) is 0 Å². The highest BCUT2D eigenvalue weighted by atomic mass is 16.3. The van der Waals surface area contributed by atoms with Gasteiger partial charge in [-0.15, -0.1) is 0 Å². The van der Waals surface area contributed by atoms with E-state index < -0.39 is 0 Å². The van der Waals surface area contributed by atoms with Crippen LogP contribution in [-0.4, -0.2) is 27.5 Å². The molecule has 2 rings (SSSR count). The third kappa shape index (κ3) is 2.01. The second-order valence-corrected chi connectivity index (χ2v) is 3.56. The summed E-state index contributed by atoms with van der Waals surface area (Å²) >= 11 is 0. The van der Waals surface area contributed by atoms with Crippen molar-refractivity contribution in [3.05, 3.63) is 41.8 Å². The number of nitrogens with zero attached hydrogens (tertiary/aromatic N) is 1. The fourth-order valence-electron chi connectivity index (χ4n) is 1.65. The molecule has 1 aliphatic rings. The van der Waals surface area contributed by atoms with Crippen LogP contribution in [0.3, 0.4) is 0 Å².